The Hall–Kier alpha value is -1.71. The number of benzene rings is 1. The molecular weight excluding hydrogens is 206 g/mol. The first-order chi connectivity index (χ1) is 7.76. The SMILES string of the molecule is COc1ccc(OC)c(C2CCNC2=O)c1. The van der Waals surface area contributed by atoms with E-state index >= 15 is 0 Å². The molecule has 1 saturated heterocycles. The lowest BCUT2D eigenvalue weighted by Crippen LogP contribution is -2.18. The summed E-state index contributed by atoms with van der Waals surface area (Å²) in [6.07, 6.45) is 0.808. The van der Waals surface area contributed by atoms with Crippen LogP contribution in [0.2, 0.25) is 0 Å². The van der Waals surface area contributed by atoms with Gasteiger partial charge in [0.2, 0.25) is 5.91 Å². The first kappa shape index (κ1) is 10.8. The maximum absolute atomic E-state index is 11.6. The Bertz CT molecular complexity index is 403. The number of rotatable bonds is 3. The standard InChI is InChI=1S/C12H15NO3/c1-15-8-3-4-11(16-2)10(7-8)9-5-6-13-12(9)14/h3-4,7,9H,5-6H2,1-2H3,(H,13,14). The predicted molar refractivity (Wildman–Crippen MR) is 59.9 cm³/mol. The van der Waals surface area contributed by atoms with Gasteiger partial charge in [0.1, 0.15) is 11.5 Å². The van der Waals surface area contributed by atoms with Gasteiger partial charge in [-0.1, -0.05) is 0 Å². The average Bonchev–Trinajstić information content (AvgIpc) is 2.74. The third kappa shape index (κ3) is 1.83. The lowest BCUT2D eigenvalue weighted by atomic mass is 9.96. The fraction of sp³-hybridized carbons (Fsp3) is 0.417. The Balaban J connectivity index is 2.39. The molecule has 1 aromatic rings. The Labute approximate surface area is 94.6 Å². The molecule has 1 heterocycles. The Morgan fingerprint density at radius 3 is 2.69 bits per heavy atom. The van der Waals surface area contributed by atoms with Crippen LogP contribution in [-0.2, 0) is 4.79 Å². The third-order valence-corrected chi connectivity index (χ3v) is 2.86. The van der Waals surface area contributed by atoms with Gasteiger partial charge in [-0.15, -0.1) is 0 Å². The molecule has 0 aromatic heterocycles. The van der Waals surface area contributed by atoms with Crippen LogP contribution in [0, 0.1) is 0 Å². The van der Waals surface area contributed by atoms with Gasteiger partial charge in [0.15, 0.2) is 0 Å². The summed E-state index contributed by atoms with van der Waals surface area (Å²) in [5, 5.41) is 2.82. The predicted octanol–water partition coefficient (Wildman–Crippen LogP) is 1.31. The maximum Gasteiger partial charge on any atom is 0.227 e. The highest BCUT2D eigenvalue weighted by molar-refractivity contribution is 5.86. The van der Waals surface area contributed by atoms with Crippen molar-refractivity contribution in [1.82, 2.24) is 5.32 Å². The minimum Gasteiger partial charge on any atom is -0.497 e. The maximum atomic E-state index is 11.6. The van der Waals surface area contributed by atoms with Crippen molar-refractivity contribution >= 4 is 5.91 Å². The van der Waals surface area contributed by atoms with E-state index in [2.05, 4.69) is 5.32 Å². The van der Waals surface area contributed by atoms with Crippen LogP contribution in [0.25, 0.3) is 0 Å². The van der Waals surface area contributed by atoms with Gasteiger partial charge in [-0.25, -0.2) is 0 Å². The molecule has 1 atom stereocenters. The lowest BCUT2D eigenvalue weighted by molar-refractivity contribution is -0.120. The van der Waals surface area contributed by atoms with Crippen LogP contribution >= 0.6 is 0 Å². The molecule has 0 spiro atoms. The molecule has 0 saturated carbocycles. The fourth-order valence-electron chi connectivity index (χ4n) is 2.00. The number of methoxy groups -OCH3 is 2. The van der Waals surface area contributed by atoms with Crippen molar-refractivity contribution in [3.8, 4) is 11.5 Å². The molecule has 1 aliphatic heterocycles. The van der Waals surface area contributed by atoms with Crippen molar-refractivity contribution in [2.24, 2.45) is 0 Å². The van der Waals surface area contributed by atoms with Gasteiger partial charge in [-0.2, -0.15) is 0 Å². The van der Waals surface area contributed by atoms with Crippen molar-refractivity contribution < 1.29 is 14.3 Å². The zero-order valence-electron chi connectivity index (χ0n) is 9.45. The van der Waals surface area contributed by atoms with Crippen LogP contribution in [0.3, 0.4) is 0 Å². The molecule has 1 fully saturated rings. The van der Waals surface area contributed by atoms with E-state index in [1.807, 2.05) is 18.2 Å². The van der Waals surface area contributed by atoms with E-state index in [4.69, 9.17) is 9.47 Å². The number of carbonyl (C=O) groups excluding carboxylic acids is 1. The summed E-state index contributed by atoms with van der Waals surface area (Å²) in [6, 6.07) is 5.53. The van der Waals surface area contributed by atoms with Gasteiger partial charge >= 0.3 is 0 Å². The van der Waals surface area contributed by atoms with Crippen molar-refractivity contribution in [2.45, 2.75) is 12.3 Å². The highest BCUT2D eigenvalue weighted by Crippen LogP contribution is 2.34. The van der Waals surface area contributed by atoms with E-state index in [-0.39, 0.29) is 11.8 Å². The first-order valence-electron chi connectivity index (χ1n) is 5.26. The number of carbonyl (C=O) groups is 1. The topological polar surface area (TPSA) is 47.6 Å². The van der Waals surface area contributed by atoms with E-state index in [9.17, 15) is 4.79 Å². The van der Waals surface area contributed by atoms with E-state index in [0.29, 0.717) is 0 Å². The van der Waals surface area contributed by atoms with Crippen molar-refractivity contribution in [3.05, 3.63) is 23.8 Å². The number of ether oxygens (including phenoxy) is 2. The second kappa shape index (κ2) is 4.43. The minimum atomic E-state index is -0.120. The first-order valence-corrected chi connectivity index (χ1v) is 5.26. The fourth-order valence-corrected chi connectivity index (χ4v) is 2.00. The molecule has 1 unspecified atom stereocenters. The normalized spacial score (nSPS) is 19.4. The quantitative estimate of drug-likeness (QED) is 0.837. The molecule has 1 aliphatic rings. The summed E-state index contributed by atoms with van der Waals surface area (Å²) in [6.45, 7) is 0.726. The van der Waals surface area contributed by atoms with Crippen molar-refractivity contribution in [2.75, 3.05) is 20.8 Å². The molecule has 4 nitrogen and oxygen atoms in total. The summed E-state index contributed by atoms with van der Waals surface area (Å²) in [5.41, 5.74) is 0.900. The van der Waals surface area contributed by atoms with Crippen LogP contribution < -0.4 is 14.8 Å². The number of nitrogens with one attached hydrogen (secondary N) is 1. The molecule has 1 N–H and O–H groups in total. The van der Waals surface area contributed by atoms with Crippen LogP contribution in [0.15, 0.2) is 18.2 Å². The summed E-state index contributed by atoms with van der Waals surface area (Å²) < 4.78 is 10.4. The largest absolute Gasteiger partial charge is 0.497 e. The van der Waals surface area contributed by atoms with Crippen LogP contribution in [-0.4, -0.2) is 26.7 Å². The monoisotopic (exact) mass is 221 g/mol. The molecule has 1 aromatic carbocycles. The number of hydrogen-bond acceptors (Lipinski definition) is 3. The molecule has 4 heteroatoms. The van der Waals surface area contributed by atoms with E-state index in [1.165, 1.54) is 0 Å². The summed E-state index contributed by atoms with van der Waals surface area (Å²) in [5.74, 6) is 1.43. The van der Waals surface area contributed by atoms with Gasteiger partial charge in [0.25, 0.3) is 0 Å². The summed E-state index contributed by atoms with van der Waals surface area (Å²) in [4.78, 5) is 11.6. The smallest absolute Gasteiger partial charge is 0.227 e. The third-order valence-electron chi connectivity index (χ3n) is 2.86. The molecule has 16 heavy (non-hydrogen) atoms. The molecule has 86 valence electrons. The van der Waals surface area contributed by atoms with Gasteiger partial charge in [0, 0.05) is 12.1 Å². The van der Waals surface area contributed by atoms with Crippen molar-refractivity contribution in [3.63, 3.8) is 0 Å². The zero-order chi connectivity index (χ0) is 11.5. The molecular formula is C12H15NO3. The van der Waals surface area contributed by atoms with Gasteiger partial charge in [-0.3, -0.25) is 4.79 Å². The Kier molecular flexibility index (Phi) is 2.99. The van der Waals surface area contributed by atoms with E-state index in [0.717, 1.165) is 30.0 Å². The second-order valence-corrected chi connectivity index (χ2v) is 3.74. The van der Waals surface area contributed by atoms with Crippen LogP contribution in [0.1, 0.15) is 17.9 Å². The zero-order valence-corrected chi connectivity index (χ0v) is 9.45. The molecule has 0 bridgehead atoms. The number of hydrogen-bond donors (Lipinski definition) is 1. The lowest BCUT2D eigenvalue weighted by Gasteiger charge is -2.13. The molecule has 0 radical (unpaired) electrons. The van der Waals surface area contributed by atoms with Gasteiger partial charge in [0.05, 0.1) is 20.1 Å². The second-order valence-electron chi connectivity index (χ2n) is 3.74. The van der Waals surface area contributed by atoms with E-state index < -0.39 is 0 Å². The summed E-state index contributed by atoms with van der Waals surface area (Å²) in [7, 11) is 3.22. The minimum absolute atomic E-state index is 0.0616. The van der Waals surface area contributed by atoms with Gasteiger partial charge in [-0.05, 0) is 24.6 Å². The Morgan fingerprint density at radius 2 is 2.12 bits per heavy atom. The van der Waals surface area contributed by atoms with E-state index in [1.54, 1.807) is 14.2 Å². The average molecular weight is 221 g/mol. The molecule has 0 aliphatic carbocycles. The molecule has 2 rings (SSSR count). The van der Waals surface area contributed by atoms with Crippen LogP contribution in [0.5, 0.6) is 11.5 Å². The number of amides is 1. The highest BCUT2D eigenvalue weighted by atomic mass is 16.5. The molecule has 1 amide bonds. The highest BCUT2D eigenvalue weighted by Gasteiger charge is 2.28. The van der Waals surface area contributed by atoms with Crippen molar-refractivity contribution in [1.29, 1.82) is 0 Å². The van der Waals surface area contributed by atoms with Crippen LogP contribution in [0.4, 0.5) is 0 Å². The summed E-state index contributed by atoms with van der Waals surface area (Å²) >= 11 is 0. The Morgan fingerprint density at radius 1 is 1.31 bits per heavy atom. The van der Waals surface area contributed by atoms with Gasteiger partial charge < -0.3 is 14.8 Å².